The molecule has 20 heavy (non-hydrogen) atoms. The molecule has 3 heteroatoms. The van der Waals surface area contributed by atoms with Crippen LogP contribution in [0.3, 0.4) is 0 Å². The van der Waals surface area contributed by atoms with Gasteiger partial charge in [-0.15, -0.1) is 11.3 Å². The minimum Gasteiger partial charge on any atom is -0.306 e. The highest BCUT2D eigenvalue weighted by Crippen LogP contribution is 2.24. The number of thiophene rings is 1. The quantitative estimate of drug-likeness (QED) is 0.687. The molecule has 0 radical (unpaired) electrons. The van der Waals surface area contributed by atoms with Crippen LogP contribution >= 0.6 is 27.3 Å². The van der Waals surface area contributed by atoms with Crippen molar-refractivity contribution in [3.8, 4) is 0 Å². The van der Waals surface area contributed by atoms with Crippen molar-refractivity contribution < 1.29 is 0 Å². The average molecular weight is 352 g/mol. The van der Waals surface area contributed by atoms with E-state index in [1.807, 2.05) is 11.3 Å². The maximum absolute atomic E-state index is 3.78. The molecule has 0 saturated carbocycles. The predicted molar refractivity (Wildman–Crippen MR) is 92.4 cm³/mol. The van der Waals surface area contributed by atoms with Crippen LogP contribution < -0.4 is 5.32 Å². The van der Waals surface area contributed by atoms with Gasteiger partial charge in [-0.1, -0.05) is 47.5 Å². The van der Waals surface area contributed by atoms with Crippen LogP contribution in [0.5, 0.6) is 0 Å². The van der Waals surface area contributed by atoms with E-state index in [1.54, 1.807) is 0 Å². The molecule has 2 rings (SSSR count). The highest BCUT2D eigenvalue weighted by atomic mass is 79.9. The summed E-state index contributed by atoms with van der Waals surface area (Å²) in [5.74, 6) is 0. The van der Waals surface area contributed by atoms with E-state index in [2.05, 4.69) is 76.9 Å². The third-order valence-corrected chi connectivity index (χ3v) is 4.92. The minimum absolute atomic E-state index is 0.481. The second-order valence-electron chi connectivity index (χ2n) is 5.25. The summed E-state index contributed by atoms with van der Waals surface area (Å²) in [4.78, 5) is 1.45. The zero-order chi connectivity index (χ0) is 14.4. The van der Waals surface area contributed by atoms with Crippen LogP contribution in [0.4, 0.5) is 0 Å². The first kappa shape index (κ1) is 15.7. The van der Waals surface area contributed by atoms with Gasteiger partial charge in [-0.25, -0.2) is 0 Å². The molecule has 108 valence electrons. The summed E-state index contributed by atoms with van der Waals surface area (Å²) in [6, 6.07) is 14.0. The third kappa shape index (κ3) is 4.72. The first-order chi connectivity index (χ1) is 9.69. The SMILES string of the molecule is CCCC(NC(C)Cc1ccc(Br)cc1)c1cccs1. The number of hydrogen-bond donors (Lipinski definition) is 1. The molecule has 1 aromatic heterocycles. The molecule has 1 nitrogen and oxygen atoms in total. The van der Waals surface area contributed by atoms with Crippen LogP contribution in [-0.4, -0.2) is 6.04 Å². The van der Waals surface area contributed by atoms with Crippen molar-refractivity contribution in [1.29, 1.82) is 0 Å². The third-order valence-electron chi connectivity index (χ3n) is 3.40. The van der Waals surface area contributed by atoms with Crippen molar-refractivity contribution in [2.75, 3.05) is 0 Å². The maximum Gasteiger partial charge on any atom is 0.0416 e. The lowest BCUT2D eigenvalue weighted by Gasteiger charge is -2.22. The Morgan fingerprint density at radius 2 is 1.95 bits per heavy atom. The summed E-state index contributed by atoms with van der Waals surface area (Å²) in [6.45, 7) is 4.53. The van der Waals surface area contributed by atoms with Crippen molar-refractivity contribution in [1.82, 2.24) is 5.32 Å². The monoisotopic (exact) mass is 351 g/mol. The first-order valence-electron chi connectivity index (χ1n) is 7.23. The van der Waals surface area contributed by atoms with Gasteiger partial charge < -0.3 is 5.32 Å². The molecule has 0 amide bonds. The Bertz CT molecular complexity index is 492. The fraction of sp³-hybridized carbons (Fsp3) is 0.412. The van der Waals surface area contributed by atoms with E-state index in [0.717, 1.165) is 10.9 Å². The van der Waals surface area contributed by atoms with E-state index in [0.29, 0.717) is 12.1 Å². The van der Waals surface area contributed by atoms with Crippen molar-refractivity contribution >= 4 is 27.3 Å². The fourth-order valence-electron chi connectivity index (χ4n) is 2.46. The Balaban J connectivity index is 1.94. The zero-order valence-corrected chi connectivity index (χ0v) is 14.5. The maximum atomic E-state index is 3.78. The Morgan fingerprint density at radius 3 is 2.55 bits per heavy atom. The lowest BCUT2D eigenvalue weighted by atomic mass is 10.0. The highest BCUT2D eigenvalue weighted by Gasteiger charge is 2.14. The summed E-state index contributed by atoms with van der Waals surface area (Å²) in [6.07, 6.45) is 3.48. The summed E-state index contributed by atoms with van der Waals surface area (Å²) in [5.41, 5.74) is 1.38. The Hall–Kier alpha value is -0.640. The Morgan fingerprint density at radius 1 is 1.20 bits per heavy atom. The van der Waals surface area contributed by atoms with E-state index in [1.165, 1.54) is 23.3 Å². The van der Waals surface area contributed by atoms with Crippen molar-refractivity contribution in [3.63, 3.8) is 0 Å². The Labute approximate surface area is 134 Å². The van der Waals surface area contributed by atoms with E-state index in [9.17, 15) is 0 Å². The van der Waals surface area contributed by atoms with Gasteiger partial charge in [-0.05, 0) is 48.9 Å². The van der Waals surface area contributed by atoms with E-state index in [4.69, 9.17) is 0 Å². The van der Waals surface area contributed by atoms with Crippen molar-refractivity contribution in [2.24, 2.45) is 0 Å². The summed E-state index contributed by atoms with van der Waals surface area (Å²) >= 11 is 5.34. The average Bonchev–Trinajstić information content (AvgIpc) is 2.95. The molecule has 0 bridgehead atoms. The molecule has 2 unspecified atom stereocenters. The van der Waals surface area contributed by atoms with Crippen LogP contribution in [0.2, 0.25) is 0 Å². The predicted octanol–water partition coefficient (Wildman–Crippen LogP) is 5.57. The molecule has 1 heterocycles. The molecule has 0 fully saturated rings. The standard InChI is InChI=1S/C17H22BrNS/c1-3-5-16(17-6-4-11-20-17)19-13(2)12-14-7-9-15(18)10-8-14/h4,6-11,13,16,19H,3,5,12H2,1-2H3. The van der Waals surface area contributed by atoms with E-state index in [-0.39, 0.29) is 0 Å². The van der Waals surface area contributed by atoms with Gasteiger partial charge in [0.05, 0.1) is 0 Å². The zero-order valence-electron chi connectivity index (χ0n) is 12.1. The highest BCUT2D eigenvalue weighted by molar-refractivity contribution is 9.10. The summed E-state index contributed by atoms with van der Waals surface area (Å²) in [5, 5.41) is 5.95. The molecule has 0 spiro atoms. The van der Waals surface area contributed by atoms with Gasteiger partial charge in [-0.2, -0.15) is 0 Å². The lowest BCUT2D eigenvalue weighted by Crippen LogP contribution is -2.31. The normalized spacial score (nSPS) is 14.2. The molecule has 0 aliphatic rings. The smallest absolute Gasteiger partial charge is 0.0416 e. The number of hydrogen-bond acceptors (Lipinski definition) is 2. The van der Waals surface area contributed by atoms with Crippen LogP contribution in [0, 0.1) is 0 Å². The van der Waals surface area contributed by atoms with E-state index >= 15 is 0 Å². The van der Waals surface area contributed by atoms with Crippen LogP contribution in [0.1, 0.15) is 43.2 Å². The second-order valence-corrected chi connectivity index (χ2v) is 7.15. The second kappa shape index (κ2) is 7.96. The summed E-state index contributed by atoms with van der Waals surface area (Å²) < 4.78 is 1.14. The molecule has 2 aromatic rings. The number of nitrogens with one attached hydrogen (secondary N) is 1. The minimum atomic E-state index is 0.481. The van der Waals surface area contributed by atoms with Crippen LogP contribution in [-0.2, 0) is 6.42 Å². The first-order valence-corrected chi connectivity index (χ1v) is 8.90. The Kier molecular flexibility index (Phi) is 6.27. The van der Waals surface area contributed by atoms with Gasteiger partial charge >= 0.3 is 0 Å². The molecule has 1 N–H and O–H groups in total. The van der Waals surface area contributed by atoms with Crippen molar-refractivity contribution in [2.45, 2.75) is 45.2 Å². The molecule has 0 aliphatic heterocycles. The number of rotatable bonds is 7. The molecular weight excluding hydrogens is 330 g/mol. The summed E-state index contributed by atoms with van der Waals surface area (Å²) in [7, 11) is 0. The topological polar surface area (TPSA) is 12.0 Å². The van der Waals surface area contributed by atoms with Crippen LogP contribution in [0.15, 0.2) is 46.3 Å². The van der Waals surface area contributed by atoms with Gasteiger partial charge in [0.1, 0.15) is 0 Å². The number of benzene rings is 1. The van der Waals surface area contributed by atoms with Crippen LogP contribution in [0.25, 0.3) is 0 Å². The van der Waals surface area contributed by atoms with Gasteiger partial charge in [0.25, 0.3) is 0 Å². The molecule has 1 aromatic carbocycles. The van der Waals surface area contributed by atoms with E-state index < -0.39 is 0 Å². The largest absolute Gasteiger partial charge is 0.306 e. The molecule has 0 saturated heterocycles. The van der Waals surface area contributed by atoms with Gasteiger partial charge in [-0.3, -0.25) is 0 Å². The molecule has 0 aliphatic carbocycles. The van der Waals surface area contributed by atoms with Gasteiger partial charge in [0.15, 0.2) is 0 Å². The number of halogens is 1. The van der Waals surface area contributed by atoms with Gasteiger partial charge in [0.2, 0.25) is 0 Å². The fourth-order valence-corrected chi connectivity index (χ4v) is 3.55. The lowest BCUT2D eigenvalue weighted by molar-refractivity contribution is 0.433. The van der Waals surface area contributed by atoms with Crippen molar-refractivity contribution in [3.05, 3.63) is 56.7 Å². The van der Waals surface area contributed by atoms with Gasteiger partial charge in [0, 0.05) is 21.4 Å². The molecular formula is C17H22BrNS. The molecule has 2 atom stereocenters.